The van der Waals surface area contributed by atoms with E-state index in [1.165, 1.54) is 17.7 Å². The van der Waals surface area contributed by atoms with E-state index >= 15 is 0 Å². The van der Waals surface area contributed by atoms with Crippen LogP contribution in [0.15, 0.2) is 22.7 Å². The molecule has 0 radical (unpaired) electrons. The zero-order valence-electron chi connectivity index (χ0n) is 13.0. The maximum Gasteiger partial charge on any atom is 0.0423 e. The van der Waals surface area contributed by atoms with Gasteiger partial charge in [0.15, 0.2) is 0 Å². The summed E-state index contributed by atoms with van der Waals surface area (Å²) in [5, 5.41) is 0. The van der Waals surface area contributed by atoms with Gasteiger partial charge in [0.2, 0.25) is 0 Å². The molecule has 1 rings (SSSR count). The van der Waals surface area contributed by atoms with Crippen LogP contribution in [0.3, 0.4) is 0 Å². The van der Waals surface area contributed by atoms with Crippen molar-refractivity contribution in [3.05, 3.63) is 28.2 Å². The van der Waals surface area contributed by atoms with Crippen molar-refractivity contribution in [3.63, 3.8) is 0 Å². The van der Waals surface area contributed by atoms with Crippen LogP contribution in [0, 0.1) is 0 Å². The number of rotatable bonds is 9. The van der Waals surface area contributed by atoms with E-state index in [-0.39, 0.29) is 0 Å². The third kappa shape index (κ3) is 4.76. The lowest BCUT2D eigenvalue weighted by molar-refractivity contribution is 0.300. The number of benzene rings is 1. The van der Waals surface area contributed by atoms with Crippen molar-refractivity contribution >= 4 is 21.6 Å². The summed E-state index contributed by atoms with van der Waals surface area (Å²) in [4.78, 5) is 4.90. The van der Waals surface area contributed by atoms with Crippen molar-refractivity contribution in [2.45, 2.75) is 33.7 Å². The van der Waals surface area contributed by atoms with E-state index in [2.05, 4.69) is 64.7 Å². The highest BCUT2D eigenvalue weighted by Crippen LogP contribution is 2.27. The van der Waals surface area contributed by atoms with E-state index in [1.54, 1.807) is 0 Å². The van der Waals surface area contributed by atoms with Gasteiger partial charge < -0.3 is 15.5 Å². The summed E-state index contributed by atoms with van der Waals surface area (Å²) >= 11 is 3.60. The summed E-state index contributed by atoms with van der Waals surface area (Å²) in [6, 6.07) is 6.33. The van der Waals surface area contributed by atoms with Crippen molar-refractivity contribution in [2.75, 3.05) is 37.6 Å². The van der Waals surface area contributed by atoms with Gasteiger partial charge in [-0.15, -0.1) is 0 Å². The zero-order valence-corrected chi connectivity index (χ0v) is 14.6. The Bertz CT molecular complexity index is 391. The van der Waals surface area contributed by atoms with Gasteiger partial charge in [-0.2, -0.15) is 0 Å². The molecule has 0 amide bonds. The third-order valence-corrected chi connectivity index (χ3v) is 4.56. The van der Waals surface area contributed by atoms with Gasteiger partial charge in [0.25, 0.3) is 0 Å². The first kappa shape index (κ1) is 17.5. The molecule has 0 bridgehead atoms. The molecule has 0 aliphatic heterocycles. The van der Waals surface area contributed by atoms with E-state index in [1.807, 2.05) is 0 Å². The fourth-order valence-electron chi connectivity index (χ4n) is 2.52. The van der Waals surface area contributed by atoms with Gasteiger partial charge in [0.05, 0.1) is 0 Å². The second-order valence-electron chi connectivity index (χ2n) is 4.90. The molecule has 0 fully saturated rings. The lowest BCUT2D eigenvalue weighted by Crippen LogP contribution is -2.30. The Morgan fingerprint density at radius 3 is 2.30 bits per heavy atom. The lowest BCUT2D eigenvalue weighted by atomic mass is 10.1. The molecule has 0 heterocycles. The average molecular weight is 342 g/mol. The number of nitrogens with two attached hydrogens (primary N) is 1. The van der Waals surface area contributed by atoms with Gasteiger partial charge in [0.1, 0.15) is 0 Å². The Morgan fingerprint density at radius 2 is 1.75 bits per heavy atom. The van der Waals surface area contributed by atoms with Crippen LogP contribution in [0.25, 0.3) is 0 Å². The highest BCUT2D eigenvalue weighted by atomic mass is 79.9. The number of halogens is 1. The summed E-state index contributed by atoms with van der Waals surface area (Å²) < 4.78 is 1.11. The fourth-order valence-corrected chi connectivity index (χ4v) is 3.04. The smallest absolute Gasteiger partial charge is 0.0423 e. The molecule has 2 N–H and O–H groups in total. The molecular weight excluding hydrogens is 314 g/mol. The minimum absolute atomic E-state index is 0.573. The van der Waals surface area contributed by atoms with Gasteiger partial charge in [-0.05, 0) is 45.1 Å². The molecule has 114 valence electrons. The molecule has 1 aromatic rings. The Hall–Kier alpha value is -0.580. The predicted molar refractivity (Wildman–Crippen MR) is 92.3 cm³/mol. The first-order valence-corrected chi connectivity index (χ1v) is 8.41. The minimum Gasteiger partial charge on any atom is -0.371 e. The maximum atomic E-state index is 5.90. The molecule has 0 aliphatic carbocycles. The van der Waals surface area contributed by atoms with Crippen molar-refractivity contribution in [1.82, 2.24) is 4.90 Å². The van der Waals surface area contributed by atoms with Crippen LogP contribution in [-0.4, -0.2) is 37.6 Å². The van der Waals surface area contributed by atoms with Crippen molar-refractivity contribution in [2.24, 2.45) is 5.73 Å². The fraction of sp³-hybridized carbons (Fsp3) is 0.625. The predicted octanol–water partition coefficient (Wildman–Crippen LogP) is 3.47. The molecule has 4 heteroatoms. The highest BCUT2D eigenvalue weighted by Gasteiger charge is 2.11. The van der Waals surface area contributed by atoms with E-state index in [4.69, 9.17) is 5.73 Å². The molecular formula is C16H28BrN3. The van der Waals surface area contributed by atoms with Crippen molar-refractivity contribution < 1.29 is 0 Å². The van der Waals surface area contributed by atoms with Gasteiger partial charge in [-0.25, -0.2) is 0 Å². The molecule has 0 spiro atoms. The molecule has 0 aliphatic rings. The van der Waals surface area contributed by atoms with Crippen LogP contribution in [0.2, 0.25) is 0 Å². The molecule has 0 saturated carbocycles. The Labute approximate surface area is 132 Å². The Morgan fingerprint density at radius 1 is 1.05 bits per heavy atom. The monoisotopic (exact) mass is 341 g/mol. The summed E-state index contributed by atoms with van der Waals surface area (Å²) in [6.07, 6.45) is 1.19. The number of nitrogens with zero attached hydrogens (tertiary/aromatic N) is 2. The zero-order chi connectivity index (χ0) is 15.0. The van der Waals surface area contributed by atoms with E-state index in [9.17, 15) is 0 Å². The molecule has 1 aromatic carbocycles. The first-order valence-electron chi connectivity index (χ1n) is 7.62. The highest BCUT2D eigenvalue weighted by molar-refractivity contribution is 9.10. The summed E-state index contributed by atoms with van der Waals surface area (Å²) in [5.41, 5.74) is 8.37. The van der Waals surface area contributed by atoms with Gasteiger partial charge in [-0.3, -0.25) is 0 Å². The van der Waals surface area contributed by atoms with Crippen LogP contribution >= 0.6 is 15.9 Å². The second kappa shape index (κ2) is 9.37. The molecule has 0 unspecified atom stereocenters. The minimum atomic E-state index is 0.573. The molecule has 0 atom stereocenters. The third-order valence-electron chi connectivity index (χ3n) is 3.82. The largest absolute Gasteiger partial charge is 0.371 e. The first-order chi connectivity index (χ1) is 9.67. The normalized spacial score (nSPS) is 11.1. The van der Waals surface area contributed by atoms with E-state index in [0.717, 1.165) is 37.2 Å². The number of hydrogen-bond acceptors (Lipinski definition) is 3. The molecule has 20 heavy (non-hydrogen) atoms. The van der Waals surface area contributed by atoms with Gasteiger partial charge >= 0.3 is 0 Å². The molecule has 3 nitrogen and oxygen atoms in total. The summed E-state index contributed by atoms with van der Waals surface area (Å²) in [5.74, 6) is 0. The second-order valence-corrected chi connectivity index (χ2v) is 5.76. The van der Waals surface area contributed by atoms with Crippen molar-refractivity contribution in [3.8, 4) is 0 Å². The standard InChI is InChI=1S/C16H28BrN3/c1-4-19(5-2)11-8-12-20(6-3)16-10-7-9-15(17)14(16)13-18/h7,9-10H,4-6,8,11-13,18H2,1-3H3. The van der Waals surface area contributed by atoms with E-state index in [0.29, 0.717) is 6.54 Å². The molecule has 0 saturated heterocycles. The van der Waals surface area contributed by atoms with Gasteiger partial charge in [0, 0.05) is 35.4 Å². The van der Waals surface area contributed by atoms with Gasteiger partial charge in [-0.1, -0.05) is 35.8 Å². The quantitative estimate of drug-likeness (QED) is 0.746. The van der Waals surface area contributed by atoms with E-state index < -0.39 is 0 Å². The Kier molecular flexibility index (Phi) is 8.19. The SMILES string of the molecule is CCN(CC)CCCN(CC)c1cccc(Br)c1CN. The lowest BCUT2D eigenvalue weighted by Gasteiger charge is -2.27. The summed E-state index contributed by atoms with van der Waals surface area (Å²) in [6.45, 7) is 12.8. The average Bonchev–Trinajstić information content (AvgIpc) is 2.47. The van der Waals surface area contributed by atoms with Crippen molar-refractivity contribution in [1.29, 1.82) is 0 Å². The molecule has 0 aromatic heterocycles. The van der Waals surface area contributed by atoms with Crippen LogP contribution in [0.5, 0.6) is 0 Å². The number of hydrogen-bond donors (Lipinski definition) is 1. The van der Waals surface area contributed by atoms with Crippen LogP contribution in [-0.2, 0) is 6.54 Å². The van der Waals surface area contributed by atoms with Crippen LogP contribution < -0.4 is 10.6 Å². The topological polar surface area (TPSA) is 32.5 Å². The number of anilines is 1. The van der Waals surface area contributed by atoms with Crippen LogP contribution in [0.4, 0.5) is 5.69 Å². The maximum absolute atomic E-state index is 5.90. The summed E-state index contributed by atoms with van der Waals surface area (Å²) in [7, 11) is 0. The van der Waals surface area contributed by atoms with Crippen LogP contribution in [0.1, 0.15) is 32.8 Å². The Balaban J connectivity index is 2.69.